The molecule has 10 heteroatoms. The first-order valence-electron chi connectivity index (χ1n) is 10.4. The summed E-state index contributed by atoms with van der Waals surface area (Å²) in [6.45, 7) is 2.67. The number of hydrogen-bond acceptors (Lipinski definition) is 5. The molecule has 0 saturated carbocycles. The van der Waals surface area contributed by atoms with Gasteiger partial charge in [-0.25, -0.2) is 0 Å². The molecular formula is C24H20Cl3N3O3S. The lowest BCUT2D eigenvalue weighted by Gasteiger charge is -2.31. The molecular weight excluding hydrogens is 517 g/mol. The van der Waals surface area contributed by atoms with E-state index in [4.69, 9.17) is 56.2 Å². The van der Waals surface area contributed by atoms with Gasteiger partial charge in [-0.3, -0.25) is 10.1 Å². The predicted molar refractivity (Wildman–Crippen MR) is 142 cm³/mol. The number of nitrogens with one attached hydrogen (secondary N) is 2. The number of ether oxygens (including phenoxy) is 1. The smallest absolute Gasteiger partial charge is 0.250 e. The van der Waals surface area contributed by atoms with Crippen LogP contribution in [-0.2, 0) is 9.53 Å². The molecule has 2 N–H and O–H groups in total. The normalized spacial score (nSPS) is 13.8. The highest BCUT2D eigenvalue weighted by Crippen LogP contribution is 2.35. The lowest BCUT2D eigenvalue weighted by molar-refractivity contribution is -0.115. The molecule has 0 spiro atoms. The van der Waals surface area contributed by atoms with Gasteiger partial charge in [-0.2, -0.15) is 0 Å². The van der Waals surface area contributed by atoms with Crippen LogP contribution in [0.4, 0.5) is 11.4 Å². The van der Waals surface area contributed by atoms with Crippen molar-refractivity contribution in [1.82, 2.24) is 5.32 Å². The molecule has 1 saturated heterocycles. The molecule has 0 atom stereocenters. The molecule has 1 aromatic heterocycles. The maximum Gasteiger partial charge on any atom is 0.250 e. The Morgan fingerprint density at radius 3 is 2.53 bits per heavy atom. The van der Waals surface area contributed by atoms with Gasteiger partial charge in [-0.15, -0.1) is 0 Å². The van der Waals surface area contributed by atoms with E-state index in [9.17, 15) is 4.79 Å². The van der Waals surface area contributed by atoms with Crippen LogP contribution >= 0.6 is 47.0 Å². The first-order chi connectivity index (χ1) is 16.4. The minimum absolute atomic E-state index is 0.150. The number of morpholine rings is 1. The Hall–Kier alpha value is -2.55. The Bertz CT molecular complexity index is 1240. The molecule has 34 heavy (non-hydrogen) atoms. The van der Waals surface area contributed by atoms with E-state index in [1.54, 1.807) is 36.4 Å². The van der Waals surface area contributed by atoms with Crippen molar-refractivity contribution in [1.29, 1.82) is 0 Å². The van der Waals surface area contributed by atoms with Gasteiger partial charge in [0, 0.05) is 24.7 Å². The second-order valence-corrected chi connectivity index (χ2v) is 8.92. The summed E-state index contributed by atoms with van der Waals surface area (Å²) in [7, 11) is 0. The number of rotatable bonds is 5. The molecule has 0 radical (unpaired) electrons. The molecule has 3 aromatic rings. The van der Waals surface area contributed by atoms with Crippen LogP contribution in [0.25, 0.3) is 17.4 Å². The third kappa shape index (κ3) is 5.92. The van der Waals surface area contributed by atoms with Crippen molar-refractivity contribution in [2.24, 2.45) is 0 Å². The van der Waals surface area contributed by atoms with E-state index in [2.05, 4.69) is 15.5 Å². The quantitative estimate of drug-likeness (QED) is 0.296. The Balaban J connectivity index is 1.39. The molecule has 1 fully saturated rings. The molecule has 0 bridgehead atoms. The Morgan fingerprint density at radius 2 is 1.74 bits per heavy atom. The van der Waals surface area contributed by atoms with Gasteiger partial charge in [0.05, 0.1) is 39.7 Å². The number of nitrogens with zero attached hydrogens (tertiary/aromatic N) is 1. The topological polar surface area (TPSA) is 66.7 Å². The zero-order valence-corrected chi connectivity index (χ0v) is 20.9. The largest absolute Gasteiger partial charge is 0.457 e. The molecule has 1 amide bonds. The SMILES string of the molecule is O=C(C=Cc1ccc(-c2cccc(Cl)c2Cl)o1)NC(=S)Nc1cccc(Cl)c1N1CCOCC1. The Kier molecular flexibility index (Phi) is 8.13. The number of amides is 1. The second-order valence-electron chi connectivity index (χ2n) is 7.32. The zero-order valence-electron chi connectivity index (χ0n) is 17.8. The minimum atomic E-state index is -0.411. The van der Waals surface area contributed by atoms with Gasteiger partial charge in [0.2, 0.25) is 5.91 Å². The number of hydrogen-bond donors (Lipinski definition) is 2. The van der Waals surface area contributed by atoms with E-state index in [1.165, 1.54) is 6.08 Å². The average molecular weight is 537 g/mol. The molecule has 1 aliphatic heterocycles. The third-order valence-corrected chi connectivity index (χ3v) is 6.37. The molecule has 0 unspecified atom stereocenters. The van der Waals surface area contributed by atoms with Crippen molar-refractivity contribution in [3.05, 3.63) is 75.4 Å². The first kappa shape index (κ1) is 24.6. The summed E-state index contributed by atoms with van der Waals surface area (Å²) < 4.78 is 11.2. The van der Waals surface area contributed by atoms with Gasteiger partial charge in [-0.1, -0.05) is 46.9 Å². The lowest BCUT2D eigenvalue weighted by atomic mass is 10.2. The Labute approximate surface area is 217 Å². The highest BCUT2D eigenvalue weighted by Gasteiger charge is 2.18. The van der Waals surface area contributed by atoms with Crippen molar-refractivity contribution in [3.63, 3.8) is 0 Å². The summed E-state index contributed by atoms with van der Waals surface area (Å²) in [5.41, 5.74) is 2.20. The molecule has 1 aliphatic rings. The van der Waals surface area contributed by atoms with Crippen LogP contribution < -0.4 is 15.5 Å². The highest BCUT2D eigenvalue weighted by molar-refractivity contribution is 7.80. The van der Waals surface area contributed by atoms with Crippen molar-refractivity contribution in [3.8, 4) is 11.3 Å². The zero-order chi connectivity index (χ0) is 24.1. The number of anilines is 2. The van der Waals surface area contributed by atoms with E-state index < -0.39 is 5.91 Å². The molecule has 4 rings (SSSR count). The van der Waals surface area contributed by atoms with Crippen LogP contribution in [-0.4, -0.2) is 37.3 Å². The van der Waals surface area contributed by atoms with Crippen LogP contribution in [0.1, 0.15) is 5.76 Å². The molecule has 2 heterocycles. The van der Waals surface area contributed by atoms with E-state index in [1.807, 2.05) is 18.2 Å². The van der Waals surface area contributed by atoms with Crippen LogP contribution in [0, 0.1) is 0 Å². The summed E-state index contributed by atoms with van der Waals surface area (Å²) in [6.07, 6.45) is 2.87. The Morgan fingerprint density at radius 1 is 1.00 bits per heavy atom. The van der Waals surface area contributed by atoms with Gasteiger partial charge in [0.1, 0.15) is 11.5 Å². The fraction of sp³-hybridized carbons (Fsp3) is 0.167. The maximum atomic E-state index is 12.4. The van der Waals surface area contributed by atoms with Crippen LogP contribution in [0.3, 0.4) is 0 Å². The molecule has 0 aliphatic carbocycles. The fourth-order valence-corrected chi connectivity index (χ4v) is 4.37. The van der Waals surface area contributed by atoms with Crippen molar-refractivity contribution in [2.75, 3.05) is 36.5 Å². The molecule has 176 valence electrons. The number of halogens is 3. The summed E-state index contributed by atoms with van der Waals surface area (Å²) in [4.78, 5) is 14.5. The van der Waals surface area contributed by atoms with Crippen molar-refractivity contribution >= 4 is 75.5 Å². The summed E-state index contributed by atoms with van der Waals surface area (Å²) in [5.74, 6) is 0.608. The predicted octanol–water partition coefficient (Wildman–Crippen LogP) is 6.27. The maximum absolute atomic E-state index is 12.4. The number of carbonyl (C=O) groups is 1. The fourth-order valence-electron chi connectivity index (χ4n) is 3.47. The van der Waals surface area contributed by atoms with Gasteiger partial charge in [-0.05, 0) is 54.7 Å². The standard InChI is InChI=1S/C24H20Cl3N3O3S/c25-17-4-1-3-16(22(17)27)20-9-7-15(33-20)8-10-21(31)29-24(34)28-19-6-2-5-18(26)23(19)30-11-13-32-14-12-30/h1-10H,11-14H2,(H2,28,29,31,34). The van der Waals surface area contributed by atoms with Crippen LogP contribution in [0.5, 0.6) is 0 Å². The van der Waals surface area contributed by atoms with Gasteiger partial charge >= 0.3 is 0 Å². The molecule has 6 nitrogen and oxygen atoms in total. The van der Waals surface area contributed by atoms with Crippen LogP contribution in [0.2, 0.25) is 15.1 Å². The van der Waals surface area contributed by atoms with Crippen molar-refractivity contribution < 1.29 is 13.9 Å². The summed E-state index contributed by atoms with van der Waals surface area (Å²) in [6, 6.07) is 14.3. The summed E-state index contributed by atoms with van der Waals surface area (Å²) >= 11 is 24.1. The second kappa shape index (κ2) is 11.3. The highest BCUT2D eigenvalue weighted by atomic mass is 35.5. The van der Waals surface area contributed by atoms with Crippen molar-refractivity contribution in [2.45, 2.75) is 0 Å². The van der Waals surface area contributed by atoms with Gasteiger partial charge in [0.25, 0.3) is 0 Å². The van der Waals surface area contributed by atoms with Gasteiger partial charge in [0.15, 0.2) is 5.11 Å². The number of benzene rings is 2. The van der Waals surface area contributed by atoms with Crippen LogP contribution in [0.15, 0.2) is 59.0 Å². The van der Waals surface area contributed by atoms with E-state index >= 15 is 0 Å². The monoisotopic (exact) mass is 535 g/mol. The summed E-state index contributed by atoms with van der Waals surface area (Å²) in [5, 5.41) is 7.27. The third-order valence-electron chi connectivity index (χ3n) is 5.04. The minimum Gasteiger partial charge on any atom is -0.457 e. The van der Waals surface area contributed by atoms with E-state index in [0.29, 0.717) is 64.1 Å². The average Bonchev–Trinajstić information content (AvgIpc) is 3.29. The number of carbonyl (C=O) groups excluding carboxylic acids is 1. The lowest BCUT2D eigenvalue weighted by Crippen LogP contribution is -2.38. The number of furan rings is 1. The molecule has 2 aromatic carbocycles. The van der Waals surface area contributed by atoms with Gasteiger partial charge < -0.3 is 19.4 Å². The number of thiocarbonyl (C=S) groups is 1. The first-order valence-corrected chi connectivity index (χ1v) is 11.9. The van der Waals surface area contributed by atoms with E-state index in [-0.39, 0.29) is 5.11 Å². The number of para-hydroxylation sites is 1. The van der Waals surface area contributed by atoms with E-state index in [0.717, 1.165) is 5.69 Å².